The highest BCUT2D eigenvalue weighted by molar-refractivity contribution is 5.77. The first-order chi connectivity index (χ1) is 14.6. The number of unbranched alkanes of at least 4 members (excludes halogenated alkanes) is 12. The third-order valence-corrected chi connectivity index (χ3v) is 5.46. The van der Waals surface area contributed by atoms with Crippen molar-refractivity contribution < 1.29 is 23.8 Å². The van der Waals surface area contributed by atoms with Crippen LogP contribution >= 0.6 is 0 Å². The van der Waals surface area contributed by atoms with Gasteiger partial charge in [0.1, 0.15) is 0 Å². The molecule has 0 aromatic carbocycles. The Labute approximate surface area is 185 Å². The van der Waals surface area contributed by atoms with Gasteiger partial charge in [-0.3, -0.25) is 9.59 Å². The molecule has 0 aromatic heterocycles. The molecule has 0 N–H and O–H groups in total. The highest BCUT2D eigenvalue weighted by Crippen LogP contribution is 2.12. The quantitative estimate of drug-likeness (QED) is 0.141. The van der Waals surface area contributed by atoms with Gasteiger partial charge in [-0.15, -0.1) is 0 Å². The Hall–Kier alpha value is -1.10. The first-order valence-electron chi connectivity index (χ1n) is 12.4. The molecule has 0 aromatic rings. The van der Waals surface area contributed by atoms with Crippen molar-refractivity contribution in [3.8, 4) is 0 Å². The minimum absolute atomic E-state index is 0.0945. The maximum absolute atomic E-state index is 11.7. The van der Waals surface area contributed by atoms with Crippen LogP contribution in [-0.2, 0) is 23.8 Å². The van der Waals surface area contributed by atoms with Crippen LogP contribution in [0.15, 0.2) is 0 Å². The van der Waals surface area contributed by atoms with E-state index in [1.54, 1.807) is 7.11 Å². The van der Waals surface area contributed by atoms with Gasteiger partial charge in [0.2, 0.25) is 0 Å². The highest BCUT2D eigenvalue weighted by Gasteiger charge is 2.09. The molecule has 0 aliphatic carbocycles. The maximum Gasteiger partial charge on any atom is 0.306 e. The van der Waals surface area contributed by atoms with Gasteiger partial charge < -0.3 is 14.2 Å². The van der Waals surface area contributed by atoms with Crippen LogP contribution in [0.4, 0.5) is 0 Å². The summed E-state index contributed by atoms with van der Waals surface area (Å²) in [5, 5.41) is 0. The van der Waals surface area contributed by atoms with Gasteiger partial charge in [0.25, 0.3) is 0 Å². The largest absolute Gasteiger partial charge is 0.466 e. The lowest BCUT2D eigenvalue weighted by molar-refractivity contribution is -0.150. The number of methoxy groups -OCH3 is 1. The molecule has 0 fully saturated rings. The van der Waals surface area contributed by atoms with Gasteiger partial charge in [-0.1, -0.05) is 84.0 Å². The van der Waals surface area contributed by atoms with Gasteiger partial charge in [0, 0.05) is 7.11 Å². The molecule has 5 nitrogen and oxygen atoms in total. The Kier molecular flexibility index (Phi) is 21.8. The first-order valence-corrected chi connectivity index (χ1v) is 12.4. The Morgan fingerprint density at radius 1 is 0.633 bits per heavy atom. The molecule has 0 radical (unpaired) electrons. The summed E-state index contributed by atoms with van der Waals surface area (Å²) in [6.45, 7) is 5.08. The van der Waals surface area contributed by atoms with Crippen LogP contribution < -0.4 is 0 Å². The van der Waals surface area contributed by atoms with Crippen molar-refractivity contribution in [1.82, 2.24) is 0 Å². The van der Waals surface area contributed by atoms with Crippen LogP contribution in [-0.4, -0.2) is 38.4 Å². The van der Waals surface area contributed by atoms with Gasteiger partial charge in [-0.25, -0.2) is 0 Å². The van der Waals surface area contributed by atoms with Crippen molar-refractivity contribution in [3.05, 3.63) is 0 Å². The molecule has 0 amide bonds. The predicted molar refractivity (Wildman–Crippen MR) is 123 cm³/mol. The fraction of sp³-hybridized carbons (Fsp3) is 0.920. The van der Waals surface area contributed by atoms with E-state index in [4.69, 9.17) is 14.2 Å². The monoisotopic (exact) mass is 428 g/mol. The zero-order valence-corrected chi connectivity index (χ0v) is 20.1. The Morgan fingerprint density at radius 3 is 1.47 bits per heavy atom. The first kappa shape index (κ1) is 28.9. The van der Waals surface area contributed by atoms with Crippen LogP contribution in [0.3, 0.4) is 0 Å². The van der Waals surface area contributed by atoms with Gasteiger partial charge in [0.15, 0.2) is 0 Å². The second-order valence-corrected chi connectivity index (χ2v) is 8.37. The number of esters is 2. The minimum Gasteiger partial charge on any atom is -0.466 e. The minimum atomic E-state index is -0.335. The topological polar surface area (TPSA) is 61.8 Å². The summed E-state index contributed by atoms with van der Waals surface area (Å²) in [5.41, 5.74) is 0. The number of hydrogen-bond donors (Lipinski definition) is 0. The molecular formula is C25H48O5. The van der Waals surface area contributed by atoms with Crippen LogP contribution in [0.5, 0.6) is 0 Å². The van der Waals surface area contributed by atoms with Crippen LogP contribution in [0.2, 0.25) is 0 Å². The molecule has 0 aliphatic rings. The highest BCUT2D eigenvalue weighted by atomic mass is 16.5. The van der Waals surface area contributed by atoms with Crippen LogP contribution in [0.1, 0.15) is 123 Å². The molecule has 5 heteroatoms. The molecule has 1 atom stereocenters. The molecule has 0 rings (SSSR count). The second-order valence-electron chi connectivity index (χ2n) is 8.37. The average Bonchev–Trinajstić information content (AvgIpc) is 2.75. The van der Waals surface area contributed by atoms with E-state index in [1.165, 1.54) is 70.6 Å². The number of rotatable bonds is 22. The molecule has 0 bridgehead atoms. The van der Waals surface area contributed by atoms with E-state index in [1.807, 2.05) is 6.92 Å². The summed E-state index contributed by atoms with van der Waals surface area (Å²) in [6.07, 6.45) is 18.8. The molecule has 0 aliphatic heterocycles. The fourth-order valence-electron chi connectivity index (χ4n) is 3.33. The smallest absolute Gasteiger partial charge is 0.306 e. The Morgan fingerprint density at radius 2 is 1.03 bits per heavy atom. The van der Waals surface area contributed by atoms with E-state index >= 15 is 0 Å². The second kappa shape index (κ2) is 22.6. The molecule has 1 unspecified atom stereocenters. The average molecular weight is 429 g/mol. The normalized spacial score (nSPS) is 12.0. The lowest BCUT2D eigenvalue weighted by atomic mass is 10.0. The van der Waals surface area contributed by atoms with Crippen molar-refractivity contribution >= 4 is 11.9 Å². The number of carbonyl (C=O) groups is 2. The third kappa shape index (κ3) is 21.6. The predicted octanol–water partition coefficient (Wildman–Crippen LogP) is 6.76. The van der Waals surface area contributed by atoms with E-state index in [2.05, 4.69) is 6.92 Å². The molecule has 0 saturated carbocycles. The van der Waals surface area contributed by atoms with Gasteiger partial charge in [0.05, 0.1) is 32.2 Å². The fourth-order valence-corrected chi connectivity index (χ4v) is 3.33. The van der Waals surface area contributed by atoms with Gasteiger partial charge >= 0.3 is 11.9 Å². The van der Waals surface area contributed by atoms with E-state index in [0.29, 0.717) is 13.2 Å². The summed E-state index contributed by atoms with van der Waals surface area (Å²) in [5.74, 6) is -0.642. The SMILES string of the molecule is CCCCCCCCCCCCCCCOC(=O)CCC(=O)OCCCC(C)OC. The van der Waals surface area contributed by atoms with Gasteiger partial charge in [-0.05, 0) is 26.2 Å². The number of carbonyl (C=O) groups excluding carboxylic acids is 2. The molecule has 178 valence electrons. The summed E-state index contributed by atoms with van der Waals surface area (Å²) in [4.78, 5) is 23.3. The van der Waals surface area contributed by atoms with Crippen molar-refractivity contribution in [2.75, 3.05) is 20.3 Å². The lowest BCUT2D eigenvalue weighted by Gasteiger charge is -2.09. The zero-order chi connectivity index (χ0) is 22.3. The standard InChI is InChI=1S/C25H48O5/c1-4-5-6-7-8-9-10-11-12-13-14-15-16-21-29-24(26)19-20-25(27)30-22-17-18-23(2)28-3/h23H,4-22H2,1-3H3. The Bertz CT molecular complexity index is 397. The van der Waals surface area contributed by atoms with Crippen molar-refractivity contribution in [2.24, 2.45) is 0 Å². The van der Waals surface area contributed by atoms with E-state index < -0.39 is 0 Å². The summed E-state index contributed by atoms with van der Waals surface area (Å²) < 4.78 is 15.4. The molecule has 0 spiro atoms. The molecule has 0 heterocycles. The zero-order valence-electron chi connectivity index (χ0n) is 20.1. The van der Waals surface area contributed by atoms with E-state index in [9.17, 15) is 9.59 Å². The van der Waals surface area contributed by atoms with Crippen molar-refractivity contribution in [2.45, 2.75) is 129 Å². The summed E-state index contributed by atoms with van der Waals surface area (Å²) >= 11 is 0. The molecular weight excluding hydrogens is 380 g/mol. The molecule has 0 saturated heterocycles. The van der Waals surface area contributed by atoms with Crippen LogP contribution in [0, 0.1) is 0 Å². The van der Waals surface area contributed by atoms with Gasteiger partial charge in [-0.2, -0.15) is 0 Å². The summed E-state index contributed by atoms with van der Waals surface area (Å²) in [6, 6.07) is 0. The maximum atomic E-state index is 11.7. The molecule has 30 heavy (non-hydrogen) atoms. The van der Waals surface area contributed by atoms with E-state index in [0.717, 1.165) is 25.7 Å². The van der Waals surface area contributed by atoms with E-state index in [-0.39, 0.29) is 30.9 Å². The number of ether oxygens (including phenoxy) is 3. The summed E-state index contributed by atoms with van der Waals surface area (Å²) in [7, 11) is 1.67. The number of hydrogen-bond acceptors (Lipinski definition) is 5. The lowest BCUT2D eigenvalue weighted by Crippen LogP contribution is -2.12. The Balaban J connectivity index is 3.31. The third-order valence-electron chi connectivity index (χ3n) is 5.46. The van der Waals surface area contributed by atoms with Crippen molar-refractivity contribution in [3.63, 3.8) is 0 Å². The van der Waals surface area contributed by atoms with Crippen molar-refractivity contribution in [1.29, 1.82) is 0 Å². The van der Waals surface area contributed by atoms with Crippen LogP contribution in [0.25, 0.3) is 0 Å².